The number of carbonyl (C=O) groups is 1. The molecule has 0 aliphatic rings. The Morgan fingerprint density at radius 1 is 1.40 bits per heavy atom. The zero-order valence-electron chi connectivity index (χ0n) is 12.5. The topological polar surface area (TPSA) is 50.4 Å². The van der Waals surface area contributed by atoms with Crippen molar-refractivity contribution in [2.45, 2.75) is 39.3 Å². The molecule has 5 heteroatoms. The van der Waals surface area contributed by atoms with Crippen LogP contribution in [0.4, 0.5) is 4.39 Å². The Morgan fingerprint density at radius 2 is 2.10 bits per heavy atom. The van der Waals surface area contributed by atoms with E-state index in [1.54, 1.807) is 19.2 Å². The Bertz CT molecular complexity index is 451. The van der Waals surface area contributed by atoms with Crippen LogP contribution in [0, 0.1) is 5.82 Å². The van der Waals surface area contributed by atoms with Gasteiger partial charge in [-0.2, -0.15) is 0 Å². The van der Waals surface area contributed by atoms with Crippen LogP contribution in [0.2, 0.25) is 0 Å². The molecule has 0 radical (unpaired) electrons. The van der Waals surface area contributed by atoms with Gasteiger partial charge >= 0.3 is 0 Å². The summed E-state index contributed by atoms with van der Waals surface area (Å²) in [7, 11) is 1.77. The van der Waals surface area contributed by atoms with Crippen molar-refractivity contribution < 1.29 is 13.9 Å². The van der Waals surface area contributed by atoms with Crippen LogP contribution in [-0.4, -0.2) is 25.6 Å². The van der Waals surface area contributed by atoms with Crippen LogP contribution < -0.4 is 15.4 Å². The first-order valence-corrected chi connectivity index (χ1v) is 6.86. The number of halogens is 1. The molecule has 2 N–H and O–H groups in total. The fourth-order valence-electron chi connectivity index (χ4n) is 1.67. The molecule has 20 heavy (non-hydrogen) atoms. The molecule has 1 aromatic carbocycles. The summed E-state index contributed by atoms with van der Waals surface area (Å²) in [6.45, 7) is 5.68. The minimum absolute atomic E-state index is 0.0715. The minimum Gasteiger partial charge on any atom is -0.484 e. The molecule has 0 bridgehead atoms. The van der Waals surface area contributed by atoms with Gasteiger partial charge in [0.1, 0.15) is 11.6 Å². The second-order valence-corrected chi connectivity index (χ2v) is 4.86. The van der Waals surface area contributed by atoms with Crippen molar-refractivity contribution >= 4 is 5.91 Å². The highest BCUT2D eigenvalue weighted by Gasteiger charge is 2.11. The number of nitrogens with one attached hydrogen (secondary N) is 2. The Labute approximate surface area is 119 Å². The van der Waals surface area contributed by atoms with Gasteiger partial charge in [0.05, 0.1) is 0 Å². The number of amides is 1. The molecule has 0 aromatic heterocycles. The van der Waals surface area contributed by atoms with Gasteiger partial charge in [-0.05, 0) is 33.4 Å². The lowest BCUT2D eigenvalue weighted by Gasteiger charge is -2.14. The molecule has 1 amide bonds. The third-order valence-electron chi connectivity index (χ3n) is 3.26. The predicted molar refractivity (Wildman–Crippen MR) is 77.3 cm³/mol. The monoisotopic (exact) mass is 282 g/mol. The smallest absolute Gasteiger partial charge is 0.258 e. The summed E-state index contributed by atoms with van der Waals surface area (Å²) in [4.78, 5) is 11.6. The number of benzene rings is 1. The first kappa shape index (κ1) is 16.4. The van der Waals surface area contributed by atoms with Crippen molar-refractivity contribution in [2.24, 2.45) is 0 Å². The van der Waals surface area contributed by atoms with E-state index in [0.717, 1.165) is 6.42 Å². The molecular formula is C15H23FN2O2. The van der Waals surface area contributed by atoms with Gasteiger partial charge in [0.2, 0.25) is 0 Å². The number of hydrogen-bond donors (Lipinski definition) is 2. The van der Waals surface area contributed by atoms with Crippen LogP contribution in [-0.2, 0) is 4.79 Å². The average molecular weight is 282 g/mol. The third kappa shape index (κ3) is 4.81. The van der Waals surface area contributed by atoms with E-state index in [1.807, 2.05) is 20.8 Å². The van der Waals surface area contributed by atoms with Gasteiger partial charge in [0, 0.05) is 23.7 Å². The van der Waals surface area contributed by atoms with Gasteiger partial charge in [0.15, 0.2) is 6.61 Å². The highest BCUT2D eigenvalue weighted by atomic mass is 19.1. The third-order valence-corrected chi connectivity index (χ3v) is 3.26. The molecule has 0 heterocycles. The summed E-state index contributed by atoms with van der Waals surface area (Å²) < 4.78 is 19.1. The average Bonchev–Trinajstić information content (AvgIpc) is 2.44. The lowest BCUT2D eigenvalue weighted by Crippen LogP contribution is -2.35. The second-order valence-electron chi connectivity index (χ2n) is 4.86. The highest BCUT2D eigenvalue weighted by molar-refractivity contribution is 5.77. The van der Waals surface area contributed by atoms with E-state index in [2.05, 4.69) is 10.6 Å². The Balaban J connectivity index is 2.57. The summed E-state index contributed by atoms with van der Waals surface area (Å²) in [6.07, 6.45) is 0.858. The Morgan fingerprint density at radius 3 is 2.65 bits per heavy atom. The van der Waals surface area contributed by atoms with E-state index in [0.29, 0.717) is 11.3 Å². The van der Waals surface area contributed by atoms with Crippen molar-refractivity contribution in [1.29, 1.82) is 0 Å². The normalized spacial score (nSPS) is 13.7. The summed E-state index contributed by atoms with van der Waals surface area (Å²) in [5.74, 6) is -0.187. The van der Waals surface area contributed by atoms with Gasteiger partial charge in [-0.3, -0.25) is 4.79 Å². The van der Waals surface area contributed by atoms with Crippen molar-refractivity contribution in [3.05, 3.63) is 29.6 Å². The molecule has 112 valence electrons. The fourth-order valence-corrected chi connectivity index (χ4v) is 1.67. The van der Waals surface area contributed by atoms with Crippen LogP contribution in [0.25, 0.3) is 0 Å². The van der Waals surface area contributed by atoms with Crippen molar-refractivity contribution in [3.8, 4) is 5.75 Å². The van der Waals surface area contributed by atoms with Gasteiger partial charge in [0.25, 0.3) is 5.91 Å². The van der Waals surface area contributed by atoms with Gasteiger partial charge in [-0.1, -0.05) is 13.0 Å². The number of carbonyl (C=O) groups excluding carboxylic acids is 1. The summed E-state index contributed by atoms with van der Waals surface area (Å²) in [5, 5.41) is 5.76. The van der Waals surface area contributed by atoms with Gasteiger partial charge in [-0.15, -0.1) is 0 Å². The van der Waals surface area contributed by atoms with E-state index in [9.17, 15) is 9.18 Å². The lowest BCUT2D eigenvalue weighted by molar-refractivity contribution is -0.123. The maximum absolute atomic E-state index is 13.9. The number of hydrogen-bond acceptors (Lipinski definition) is 3. The van der Waals surface area contributed by atoms with Gasteiger partial charge < -0.3 is 15.4 Å². The summed E-state index contributed by atoms with van der Waals surface area (Å²) in [6, 6.07) is 4.68. The van der Waals surface area contributed by atoms with Gasteiger partial charge in [-0.25, -0.2) is 4.39 Å². The number of ether oxygens (including phenoxy) is 1. The molecule has 2 atom stereocenters. The highest BCUT2D eigenvalue weighted by Crippen LogP contribution is 2.21. The molecule has 0 saturated heterocycles. The fraction of sp³-hybridized carbons (Fsp3) is 0.533. The maximum atomic E-state index is 13.9. The lowest BCUT2D eigenvalue weighted by atomic mass is 10.1. The maximum Gasteiger partial charge on any atom is 0.258 e. The molecule has 0 aliphatic heterocycles. The van der Waals surface area contributed by atoms with Crippen molar-refractivity contribution in [3.63, 3.8) is 0 Å². The molecule has 2 unspecified atom stereocenters. The van der Waals surface area contributed by atoms with E-state index in [1.165, 1.54) is 6.07 Å². The van der Waals surface area contributed by atoms with Crippen LogP contribution >= 0.6 is 0 Å². The molecular weight excluding hydrogens is 259 g/mol. The molecule has 1 rings (SSSR count). The van der Waals surface area contributed by atoms with Crippen LogP contribution in [0.1, 0.15) is 38.8 Å². The Kier molecular flexibility index (Phi) is 6.45. The molecule has 0 spiro atoms. The van der Waals surface area contributed by atoms with Crippen LogP contribution in [0.5, 0.6) is 5.75 Å². The van der Waals surface area contributed by atoms with E-state index < -0.39 is 0 Å². The van der Waals surface area contributed by atoms with Crippen LogP contribution in [0.3, 0.4) is 0 Å². The summed E-state index contributed by atoms with van der Waals surface area (Å²) in [5.41, 5.74) is 0.573. The molecule has 0 saturated carbocycles. The van der Waals surface area contributed by atoms with E-state index >= 15 is 0 Å². The van der Waals surface area contributed by atoms with E-state index in [4.69, 9.17) is 4.74 Å². The Hall–Kier alpha value is -1.62. The largest absolute Gasteiger partial charge is 0.484 e. The number of rotatable bonds is 7. The SMILES string of the molecule is CCC(C)NC(=O)COc1ccc(C(C)NC)c(F)c1. The minimum atomic E-state index is -0.341. The molecule has 0 fully saturated rings. The van der Waals surface area contributed by atoms with Crippen molar-refractivity contribution in [2.75, 3.05) is 13.7 Å². The van der Waals surface area contributed by atoms with Crippen LogP contribution in [0.15, 0.2) is 18.2 Å². The zero-order chi connectivity index (χ0) is 15.1. The second kappa shape index (κ2) is 7.85. The standard InChI is InChI=1S/C15H23FN2O2/c1-5-10(2)18-15(19)9-20-12-6-7-13(11(3)17-4)14(16)8-12/h6-8,10-11,17H,5,9H2,1-4H3,(H,18,19). The van der Waals surface area contributed by atoms with E-state index in [-0.39, 0.29) is 30.4 Å². The zero-order valence-corrected chi connectivity index (χ0v) is 12.5. The molecule has 0 aliphatic carbocycles. The first-order chi connectivity index (χ1) is 9.47. The predicted octanol–water partition coefficient (Wildman–Crippen LogP) is 2.40. The first-order valence-electron chi connectivity index (χ1n) is 6.86. The molecule has 1 aromatic rings. The molecule has 4 nitrogen and oxygen atoms in total. The summed E-state index contributed by atoms with van der Waals surface area (Å²) >= 11 is 0. The van der Waals surface area contributed by atoms with Crippen molar-refractivity contribution in [1.82, 2.24) is 10.6 Å². The quantitative estimate of drug-likeness (QED) is 0.807.